The summed E-state index contributed by atoms with van der Waals surface area (Å²) < 4.78 is 10.2. The Hall–Kier alpha value is -0.650. The van der Waals surface area contributed by atoms with Crippen LogP contribution < -0.4 is 10.6 Å². The lowest BCUT2D eigenvalue weighted by atomic mass is 10.2. The second-order valence-corrected chi connectivity index (χ2v) is 4.58. The lowest BCUT2D eigenvalue weighted by Crippen LogP contribution is -2.46. The number of carbonyl (C=O) groups is 1. The second kappa shape index (κ2) is 9.39. The van der Waals surface area contributed by atoms with E-state index in [1.54, 1.807) is 14.2 Å². The van der Waals surface area contributed by atoms with Crippen LogP contribution in [-0.2, 0) is 14.3 Å². The van der Waals surface area contributed by atoms with Gasteiger partial charge in [-0.25, -0.2) is 0 Å². The van der Waals surface area contributed by atoms with Gasteiger partial charge >= 0.3 is 0 Å². The van der Waals surface area contributed by atoms with Crippen molar-refractivity contribution in [3.05, 3.63) is 0 Å². The second-order valence-electron chi connectivity index (χ2n) is 4.58. The summed E-state index contributed by atoms with van der Waals surface area (Å²) in [4.78, 5) is 11.7. The molecule has 102 valence electrons. The molecule has 0 saturated heterocycles. The van der Waals surface area contributed by atoms with Gasteiger partial charge in [0.1, 0.15) is 0 Å². The van der Waals surface area contributed by atoms with E-state index in [9.17, 15) is 4.79 Å². The molecular formula is C12H26N2O3. The van der Waals surface area contributed by atoms with Crippen molar-refractivity contribution in [2.24, 2.45) is 5.92 Å². The molecule has 0 aliphatic rings. The van der Waals surface area contributed by atoms with Crippen LogP contribution in [0.25, 0.3) is 0 Å². The molecule has 0 aromatic carbocycles. The summed E-state index contributed by atoms with van der Waals surface area (Å²) >= 11 is 0. The third-order valence-electron chi connectivity index (χ3n) is 2.42. The Kier molecular flexibility index (Phi) is 9.03. The maximum Gasteiger partial charge on any atom is 0.236 e. The van der Waals surface area contributed by atoms with Crippen molar-refractivity contribution in [2.45, 2.75) is 32.9 Å². The molecule has 5 nitrogen and oxygen atoms in total. The van der Waals surface area contributed by atoms with E-state index in [2.05, 4.69) is 24.5 Å². The van der Waals surface area contributed by atoms with Gasteiger partial charge in [-0.1, -0.05) is 13.8 Å². The molecular weight excluding hydrogens is 220 g/mol. The SMILES string of the molecule is COCC(CNC(C)C(=O)NCC(C)C)OC. The van der Waals surface area contributed by atoms with E-state index in [1.165, 1.54) is 0 Å². The summed E-state index contributed by atoms with van der Waals surface area (Å²) in [5.41, 5.74) is 0. The number of amides is 1. The molecule has 0 aromatic rings. The lowest BCUT2D eigenvalue weighted by molar-refractivity contribution is -0.123. The van der Waals surface area contributed by atoms with E-state index in [1.807, 2.05) is 6.92 Å². The normalized spacial score (nSPS) is 14.7. The Labute approximate surface area is 104 Å². The van der Waals surface area contributed by atoms with Gasteiger partial charge < -0.3 is 20.1 Å². The van der Waals surface area contributed by atoms with Crippen LogP contribution in [0.1, 0.15) is 20.8 Å². The third kappa shape index (κ3) is 8.12. The highest BCUT2D eigenvalue weighted by Crippen LogP contribution is 1.92. The lowest BCUT2D eigenvalue weighted by Gasteiger charge is -2.19. The van der Waals surface area contributed by atoms with Crippen LogP contribution in [0.15, 0.2) is 0 Å². The molecule has 0 saturated carbocycles. The van der Waals surface area contributed by atoms with Gasteiger partial charge in [-0.05, 0) is 12.8 Å². The minimum Gasteiger partial charge on any atom is -0.382 e. The van der Waals surface area contributed by atoms with Crippen molar-refractivity contribution in [3.63, 3.8) is 0 Å². The summed E-state index contributed by atoms with van der Waals surface area (Å²) in [6.45, 7) is 7.80. The standard InChI is InChI=1S/C12H26N2O3/c1-9(2)6-14-12(15)10(3)13-7-11(17-5)8-16-4/h9-11,13H,6-8H2,1-5H3,(H,14,15). The molecule has 0 heterocycles. The van der Waals surface area contributed by atoms with Crippen LogP contribution >= 0.6 is 0 Å². The van der Waals surface area contributed by atoms with Gasteiger partial charge in [0, 0.05) is 27.3 Å². The number of rotatable bonds is 9. The first kappa shape index (κ1) is 16.4. The fourth-order valence-corrected chi connectivity index (χ4v) is 1.25. The minimum absolute atomic E-state index is 0.0194. The van der Waals surface area contributed by atoms with Gasteiger partial charge in [-0.2, -0.15) is 0 Å². The predicted octanol–water partition coefficient (Wildman–Crippen LogP) is 0.398. The maximum atomic E-state index is 11.7. The van der Waals surface area contributed by atoms with Crippen LogP contribution in [0.4, 0.5) is 0 Å². The van der Waals surface area contributed by atoms with E-state index in [-0.39, 0.29) is 18.1 Å². The van der Waals surface area contributed by atoms with Gasteiger partial charge in [-0.15, -0.1) is 0 Å². The van der Waals surface area contributed by atoms with Crippen LogP contribution in [-0.4, -0.2) is 52.0 Å². The molecule has 0 rings (SSSR count). The summed E-state index contributed by atoms with van der Waals surface area (Å²) in [5.74, 6) is 0.484. The quantitative estimate of drug-likeness (QED) is 0.618. The van der Waals surface area contributed by atoms with Crippen LogP contribution in [0.3, 0.4) is 0 Å². The Bertz CT molecular complexity index is 210. The molecule has 0 bridgehead atoms. The number of carbonyl (C=O) groups excluding carboxylic acids is 1. The van der Waals surface area contributed by atoms with Crippen LogP contribution in [0.5, 0.6) is 0 Å². The average Bonchev–Trinajstić information content (AvgIpc) is 2.30. The van der Waals surface area contributed by atoms with Crippen LogP contribution in [0, 0.1) is 5.92 Å². The summed E-state index contributed by atoms with van der Waals surface area (Å²) in [5, 5.41) is 6.01. The Balaban J connectivity index is 3.82. The van der Waals surface area contributed by atoms with Gasteiger partial charge in [0.2, 0.25) is 5.91 Å². The largest absolute Gasteiger partial charge is 0.382 e. The fraction of sp³-hybridized carbons (Fsp3) is 0.917. The van der Waals surface area contributed by atoms with Gasteiger partial charge in [0.05, 0.1) is 18.8 Å². The maximum absolute atomic E-state index is 11.7. The highest BCUT2D eigenvalue weighted by Gasteiger charge is 2.14. The smallest absolute Gasteiger partial charge is 0.236 e. The summed E-state index contributed by atoms with van der Waals surface area (Å²) in [6.07, 6.45) is -0.0275. The zero-order valence-corrected chi connectivity index (χ0v) is 11.6. The van der Waals surface area contributed by atoms with Crippen LogP contribution in [0.2, 0.25) is 0 Å². The topological polar surface area (TPSA) is 59.6 Å². The molecule has 0 aliphatic heterocycles. The van der Waals surface area contributed by atoms with Crippen molar-refractivity contribution in [3.8, 4) is 0 Å². The van der Waals surface area contributed by atoms with Gasteiger partial charge in [-0.3, -0.25) is 4.79 Å². The van der Waals surface area contributed by atoms with E-state index in [4.69, 9.17) is 9.47 Å². The fourth-order valence-electron chi connectivity index (χ4n) is 1.25. The molecule has 2 atom stereocenters. The van der Waals surface area contributed by atoms with Crippen molar-refractivity contribution in [2.75, 3.05) is 33.9 Å². The number of methoxy groups -OCH3 is 2. The molecule has 2 N–H and O–H groups in total. The van der Waals surface area contributed by atoms with Crippen molar-refractivity contribution < 1.29 is 14.3 Å². The molecule has 0 aromatic heterocycles. The number of nitrogens with one attached hydrogen (secondary N) is 2. The first-order chi connectivity index (χ1) is 8.01. The van der Waals surface area contributed by atoms with Gasteiger partial charge in [0.25, 0.3) is 0 Å². The highest BCUT2D eigenvalue weighted by molar-refractivity contribution is 5.81. The van der Waals surface area contributed by atoms with Crippen molar-refractivity contribution in [1.82, 2.24) is 10.6 Å². The van der Waals surface area contributed by atoms with Crippen molar-refractivity contribution >= 4 is 5.91 Å². The highest BCUT2D eigenvalue weighted by atomic mass is 16.5. The monoisotopic (exact) mass is 246 g/mol. The summed E-state index contributed by atoms with van der Waals surface area (Å²) in [7, 11) is 3.26. The molecule has 0 radical (unpaired) electrons. The minimum atomic E-state index is -0.219. The molecule has 1 amide bonds. The number of hydrogen-bond donors (Lipinski definition) is 2. The Morgan fingerprint density at radius 2 is 1.82 bits per heavy atom. The summed E-state index contributed by atoms with van der Waals surface area (Å²) in [6, 6.07) is -0.219. The number of hydrogen-bond acceptors (Lipinski definition) is 4. The number of ether oxygens (including phenoxy) is 2. The molecule has 5 heteroatoms. The van der Waals surface area contributed by atoms with Gasteiger partial charge in [0.15, 0.2) is 0 Å². The first-order valence-corrected chi connectivity index (χ1v) is 6.04. The Morgan fingerprint density at radius 3 is 2.29 bits per heavy atom. The van der Waals surface area contributed by atoms with E-state index in [0.717, 1.165) is 0 Å². The predicted molar refractivity (Wildman–Crippen MR) is 68.0 cm³/mol. The third-order valence-corrected chi connectivity index (χ3v) is 2.42. The van der Waals surface area contributed by atoms with E-state index < -0.39 is 0 Å². The zero-order valence-electron chi connectivity index (χ0n) is 11.6. The zero-order chi connectivity index (χ0) is 13.3. The first-order valence-electron chi connectivity index (χ1n) is 6.04. The molecule has 0 fully saturated rings. The van der Waals surface area contributed by atoms with Crippen molar-refractivity contribution in [1.29, 1.82) is 0 Å². The van der Waals surface area contributed by atoms with E-state index in [0.29, 0.717) is 25.6 Å². The molecule has 0 aliphatic carbocycles. The Morgan fingerprint density at radius 1 is 1.18 bits per heavy atom. The van der Waals surface area contributed by atoms with E-state index >= 15 is 0 Å². The molecule has 0 spiro atoms. The molecule has 2 unspecified atom stereocenters. The average molecular weight is 246 g/mol. The molecule has 17 heavy (non-hydrogen) atoms.